The van der Waals surface area contributed by atoms with Gasteiger partial charge in [0.25, 0.3) is 5.91 Å². The Morgan fingerprint density at radius 2 is 1.79 bits per heavy atom. The number of amides is 1. The highest BCUT2D eigenvalue weighted by molar-refractivity contribution is 7.99. The van der Waals surface area contributed by atoms with Gasteiger partial charge in [-0.3, -0.25) is 4.79 Å². The highest BCUT2D eigenvalue weighted by Gasteiger charge is 2.10. The van der Waals surface area contributed by atoms with Gasteiger partial charge in [0.05, 0.1) is 12.0 Å². The van der Waals surface area contributed by atoms with Crippen LogP contribution in [0.15, 0.2) is 46.7 Å². The third-order valence-electron chi connectivity index (χ3n) is 4.24. The molecule has 1 aromatic carbocycles. The van der Waals surface area contributed by atoms with Gasteiger partial charge in [-0.05, 0) is 64.1 Å². The van der Waals surface area contributed by atoms with E-state index in [0.29, 0.717) is 10.2 Å². The molecule has 1 amide bonds. The molecule has 0 fully saturated rings. The maximum Gasteiger partial charge on any atom is 0.250 e. The minimum atomic E-state index is -0.208. The Labute approximate surface area is 179 Å². The van der Waals surface area contributed by atoms with Crippen molar-refractivity contribution in [3.8, 4) is 5.69 Å². The van der Waals surface area contributed by atoms with E-state index in [4.69, 9.17) is 11.6 Å². The Morgan fingerprint density at radius 1 is 1.14 bits per heavy atom. The van der Waals surface area contributed by atoms with E-state index >= 15 is 0 Å². The Kier molecular flexibility index (Phi) is 6.71. The number of benzene rings is 1. The van der Waals surface area contributed by atoms with Gasteiger partial charge >= 0.3 is 0 Å². The lowest BCUT2D eigenvalue weighted by Crippen LogP contribution is -2.19. The van der Waals surface area contributed by atoms with Gasteiger partial charge in [-0.25, -0.2) is 15.4 Å². The lowest BCUT2D eigenvalue weighted by atomic mass is 10.2. The summed E-state index contributed by atoms with van der Waals surface area (Å²) in [5.74, 6) is -0.00941. The SMILES string of the molecule is Cc1cc(C)nc(SCC(=O)NN=Cc2cc(C)n(-c3ccc(Cl)cc3)c2C)n1. The van der Waals surface area contributed by atoms with Gasteiger partial charge in [-0.2, -0.15) is 5.10 Å². The molecule has 0 aliphatic carbocycles. The number of thioether (sulfide) groups is 1. The molecule has 6 nitrogen and oxygen atoms in total. The summed E-state index contributed by atoms with van der Waals surface area (Å²) < 4.78 is 2.12. The molecule has 0 aliphatic heterocycles. The molecule has 0 aliphatic rings. The number of aromatic nitrogens is 3. The predicted molar refractivity (Wildman–Crippen MR) is 118 cm³/mol. The summed E-state index contributed by atoms with van der Waals surface area (Å²) in [6, 6.07) is 11.6. The summed E-state index contributed by atoms with van der Waals surface area (Å²) >= 11 is 7.27. The van der Waals surface area contributed by atoms with Crippen molar-refractivity contribution in [1.29, 1.82) is 0 Å². The molecule has 1 N–H and O–H groups in total. The molecule has 0 spiro atoms. The zero-order valence-corrected chi connectivity index (χ0v) is 18.3. The Hall–Kier alpha value is -2.64. The zero-order valence-electron chi connectivity index (χ0n) is 16.7. The predicted octanol–water partition coefficient (Wildman–Crippen LogP) is 4.40. The van der Waals surface area contributed by atoms with Gasteiger partial charge in [0, 0.05) is 39.0 Å². The first-order chi connectivity index (χ1) is 13.8. The molecule has 8 heteroatoms. The first-order valence-corrected chi connectivity index (χ1v) is 10.4. The third-order valence-corrected chi connectivity index (χ3v) is 5.34. The van der Waals surface area contributed by atoms with E-state index in [2.05, 4.69) is 25.1 Å². The number of hydrogen-bond acceptors (Lipinski definition) is 5. The molecule has 0 atom stereocenters. The summed E-state index contributed by atoms with van der Waals surface area (Å²) in [6.45, 7) is 7.85. The molecule has 0 bridgehead atoms. The average Bonchev–Trinajstić information content (AvgIpc) is 2.94. The first-order valence-electron chi connectivity index (χ1n) is 9.05. The molecule has 3 aromatic rings. The third kappa shape index (κ3) is 5.46. The number of hydrogen-bond donors (Lipinski definition) is 1. The first kappa shape index (κ1) is 21.1. The molecule has 0 saturated carbocycles. The van der Waals surface area contributed by atoms with Crippen LogP contribution >= 0.6 is 23.4 Å². The highest BCUT2D eigenvalue weighted by atomic mass is 35.5. The average molecular weight is 428 g/mol. The van der Waals surface area contributed by atoms with Gasteiger partial charge in [-0.1, -0.05) is 23.4 Å². The van der Waals surface area contributed by atoms with Gasteiger partial charge in [0.2, 0.25) is 0 Å². The summed E-state index contributed by atoms with van der Waals surface area (Å²) in [4.78, 5) is 20.7. The Bertz CT molecular complexity index is 1040. The van der Waals surface area contributed by atoms with E-state index in [-0.39, 0.29) is 11.7 Å². The smallest absolute Gasteiger partial charge is 0.250 e. The van der Waals surface area contributed by atoms with Crippen LogP contribution in [0.5, 0.6) is 0 Å². The molecule has 2 aromatic heterocycles. The van der Waals surface area contributed by atoms with Gasteiger partial charge in [-0.15, -0.1) is 0 Å². The largest absolute Gasteiger partial charge is 0.318 e. The maximum atomic E-state index is 12.1. The fourth-order valence-corrected chi connectivity index (χ4v) is 3.87. The normalized spacial score (nSPS) is 11.2. The molecular weight excluding hydrogens is 406 g/mol. The van der Waals surface area contributed by atoms with Crippen LogP contribution in [0.1, 0.15) is 28.3 Å². The van der Waals surface area contributed by atoms with E-state index in [1.54, 1.807) is 6.21 Å². The molecule has 0 radical (unpaired) electrons. The number of halogens is 1. The quantitative estimate of drug-likeness (QED) is 0.274. The van der Waals surface area contributed by atoms with Crippen LogP contribution < -0.4 is 5.43 Å². The summed E-state index contributed by atoms with van der Waals surface area (Å²) in [7, 11) is 0. The Balaban J connectivity index is 1.62. The zero-order chi connectivity index (χ0) is 21.0. The maximum absolute atomic E-state index is 12.1. The van der Waals surface area contributed by atoms with Gasteiger partial charge < -0.3 is 4.57 Å². The second kappa shape index (κ2) is 9.24. The number of hydrazone groups is 1. The highest BCUT2D eigenvalue weighted by Crippen LogP contribution is 2.21. The lowest BCUT2D eigenvalue weighted by Gasteiger charge is -2.09. The number of aryl methyl sites for hydroxylation is 3. The summed E-state index contributed by atoms with van der Waals surface area (Å²) in [5.41, 5.74) is 8.39. The molecule has 2 heterocycles. The number of carbonyl (C=O) groups is 1. The van der Waals surface area contributed by atoms with Crippen LogP contribution in [-0.2, 0) is 4.79 Å². The van der Waals surface area contributed by atoms with Crippen molar-refractivity contribution >= 4 is 35.5 Å². The monoisotopic (exact) mass is 427 g/mol. The number of nitrogens with one attached hydrogen (secondary N) is 1. The van der Waals surface area contributed by atoms with Gasteiger partial charge in [0.1, 0.15) is 0 Å². The standard InChI is InChI=1S/C21H22ClN5OS/c1-13-9-14(2)25-21(24-13)29-12-20(28)26-23-11-17-10-15(3)27(16(17)4)19-7-5-18(22)6-8-19/h5-11H,12H2,1-4H3,(H,26,28). The van der Waals surface area contributed by atoms with Crippen molar-refractivity contribution in [2.24, 2.45) is 5.10 Å². The second-order valence-electron chi connectivity index (χ2n) is 6.65. The molecule has 3 rings (SSSR count). The van der Waals surface area contributed by atoms with Crippen LogP contribution in [0.2, 0.25) is 5.02 Å². The minimum absolute atomic E-state index is 0.198. The van der Waals surface area contributed by atoms with Crippen molar-refractivity contribution in [3.63, 3.8) is 0 Å². The number of nitrogens with zero attached hydrogens (tertiary/aromatic N) is 4. The Morgan fingerprint density at radius 3 is 2.45 bits per heavy atom. The van der Waals surface area contributed by atoms with Gasteiger partial charge in [0.15, 0.2) is 5.16 Å². The molecule has 0 saturated heterocycles. The molecule has 150 valence electrons. The van der Waals surface area contributed by atoms with E-state index in [9.17, 15) is 4.79 Å². The van der Waals surface area contributed by atoms with Crippen molar-refractivity contribution in [1.82, 2.24) is 20.0 Å². The molecular formula is C21H22ClN5OS. The fraction of sp³-hybridized carbons (Fsp3) is 0.238. The van der Waals surface area contributed by atoms with E-state index in [1.165, 1.54) is 11.8 Å². The van der Waals surface area contributed by atoms with Crippen molar-refractivity contribution in [2.45, 2.75) is 32.9 Å². The van der Waals surface area contributed by atoms with Crippen molar-refractivity contribution in [3.05, 3.63) is 69.8 Å². The van der Waals surface area contributed by atoms with Crippen LogP contribution in [0.4, 0.5) is 0 Å². The van der Waals surface area contributed by atoms with Crippen LogP contribution in [0, 0.1) is 27.7 Å². The lowest BCUT2D eigenvalue weighted by molar-refractivity contribution is -0.118. The summed E-state index contributed by atoms with van der Waals surface area (Å²) in [5, 5.41) is 5.39. The topological polar surface area (TPSA) is 72.2 Å². The molecule has 0 unspecified atom stereocenters. The fourth-order valence-electron chi connectivity index (χ4n) is 3.00. The van der Waals surface area contributed by atoms with Crippen molar-refractivity contribution < 1.29 is 4.79 Å². The van der Waals surface area contributed by atoms with Crippen LogP contribution in [-0.4, -0.2) is 32.4 Å². The van der Waals surface area contributed by atoms with E-state index in [1.807, 2.05) is 64.1 Å². The second-order valence-corrected chi connectivity index (χ2v) is 8.03. The summed E-state index contributed by atoms with van der Waals surface area (Å²) in [6.07, 6.45) is 1.66. The number of carbonyl (C=O) groups excluding carboxylic acids is 1. The van der Waals surface area contributed by atoms with Crippen molar-refractivity contribution in [2.75, 3.05) is 5.75 Å². The van der Waals surface area contributed by atoms with Crippen LogP contribution in [0.3, 0.4) is 0 Å². The number of rotatable bonds is 6. The molecule has 29 heavy (non-hydrogen) atoms. The van der Waals surface area contributed by atoms with E-state index in [0.717, 1.165) is 34.0 Å². The minimum Gasteiger partial charge on any atom is -0.318 e. The van der Waals surface area contributed by atoms with Crippen LogP contribution in [0.25, 0.3) is 5.69 Å². The van der Waals surface area contributed by atoms with E-state index < -0.39 is 0 Å².